The summed E-state index contributed by atoms with van der Waals surface area (Å²) in [5.41, 5.74) is 7.35. The second-order valence-electron chi connectivity index (χ2n) is 8.98. The number of rotatable bonds is 6. The van der Waals surface area contributed by atoms with Crippen LogP contribution in [-0.4, -0.2) is 58.8 Å². The number of pyridine rings is 2. The number of aromatic nitrogens is 2. The average molecular weight is 446 g/mol. The van der Waals surface area contributed by atoms with Crippen LogP contribution in [0.15, 0.2) is 24.4 Å². The van der Waals surface area contributed by atoms with Gasteiger partial charge < -0.3 is 10.6 Å². The summed E-state index contributed by atoms with van der Waals surface area (Å²) in [4.78, 5) is 9.42. The van der Waals surface area contributed by atoms with Gasteiger partial charge in [-0.1, -0.05) is 0 Å². The van der Waals surface area contributed by atoms with Gasteiger partial charge in [0, 0.05) is 41.8 Å². The Balaban J connectivity index is 1.38. The van der Waals surface area contributed by atoms with Crippen LogP contribution < -0.4 is 21.5 Å². The van der Waals surface area contributed by atoms with Crippen molar-refractivity contribution in [3.05, 3.63) is 24.4 Å². The van der Waals surface area contributed by atoms with E-state index in [2.05, 4.69) is 33.4 Å². The SMILES string of the molecule is CCS(=O)(=O)N1[C@@H]2CC[C@H]1CC(Nc1nc(NC3CC(C)NN3)cc3ncccc13)C2. The summed E-state index contributed by atoms with van der Waals surface area (Å²) in [7, 11) is -3.16. The first kappa shape index (κ1) is 20.9. The quantitative estimate of drug-likeness (QED) is 0.534. The van der Waals surface area contributed by atoms with Gasteiger partial charge in [-0.3, -0.25) is 10.4 Å². The van der Waals surface area contributed by atoms with Crippen LogP contribution in [0.5, 0.6) is 0 Å². The Hall–Kier alpha value is -2.01. The van der Waals surface area contributed by atoms with E-state index in [0.29, 0.717) is 6.04 Å². The van der Waals surface area contributed by atoms with Crippen molar-refractivity contribution in [3.8, 4) is 0 Å². The molecule has 3 unspecified atom stereocenters. The Labute approximate surface area is 183 Å². The molecular weight excluding hydrogens is 414 g/mol. The number of fused-ring (bicyclic) bond motifs is 3. The van der Waals surface area contributed by atoms with Crippen LogP contribution in [-0.2, 0) is 10.0 Å². The van der Waals surface area contributed by atoms with Gasteiger partial charge in [0.25, 0.3) is 0 Å². The van der Waals surface area contributed by atoms with Crippen molar-refractivity contribution >= 4 is 32.6 Å². The molecule has 168 valence electrons. The topological polar surface area (TPSA) is 111 Å². The summed E-state index contributed by atoms with van der Waals surface area (Å²) in [6, 6.07) is 6.69. The molecule has 5 rings (SSSR count). The van der Waals surface area contributed by atoms with Crippen LogP contribution in [0.2, 0.25) is 0 Å². The predicted molar refractivity (Wildman–Crippen MR) is 122 cm³/mol. The van der Waals surface area contributed by atoms with Gasteiger partial charge in [-0.25, -0.2) is 18.8 Å². The Morgan fingerprint density at radius 2 is 1.94 bits per heavy atom. The van der Waals surface area contributed by atoms with Gasteiger partial charge in [-0.05, 0) is 58.1 Å². The number of nitrogens with one attached hydrogen (secondary N) is 4. The zero-order valence-electron chi connectivity index (χ0n) is 18.0. The molecule has 9 nitrogen and oxygen atoms in total. The molecule has 0 aromatic carbocycles. The van der Waals surface area contributed by atoms with Gasteiger partial charge in [0.05, 0.1) is 17.4 Å². The summed E-state index contributed by atoms with van der Waals surface area (Å²) in [5.74, 6) is 1.76. The van der Waals surface area contributed by atoms with Gasteiger partial charge in [0.2, 0.25) is 10.0 Å². The van der Waals surface area contributed by atoms with E-state index in [4.69, 9.17) is 4.98 Å². The van der Waals surface area contributed by atoms with E-state index in [1.165, 1.54) is 0 Å². The Morgan fingerprint density at radius 3 is 2.61 bits per heavy atom. The van der Waals surface area contributed by atoms with Crippen molar-refractivity contribution in [2.45, 2.75) is 76.3 Å². The van der Waals surface area contributed by atoms with Crippen LogP contribution >= 0.6 is 0 Å². The predicted octanol–water partition coefficient (Wildman–Crippen LogP) is 2.01. The fraction of sp³-hybridized carbons (Fsp3) is 0.619. The molecule has 0 aliphatic carbocycles. The highest BCUT2D eigenvalue weighted by molar-refractivity contribution is 7.89. The highest BCUT2D eigenvalue weighted by Crippen LogP contribution is 2.39. The lowest BCUT2D eigenvalue weighted by Gasteiger charge is -2.38. The van der Waals surface area contributed by atoms with Crippen molar-refractivity contribution in [1.29, 1.82) is 0 Å². The minimum Gasteiger partial charge on any atom is -0.367 e. The van der Waals surface area contributed by atoms with E-state index in [1.54, 1.807) is 17.4 Å². The lowest BCUT2D eigenvalue weighted by Crippen LogP contribution is -2.50. The van der Waals surface area contributed by atoms with Crippen LogP contribution in [0.1, 0.15) is 46.0 Å². The average Bonchev–Trinajstić information content (AvgIpc) is 3.28. The van der Waals surface area contributed by atoms with Gasteiger partial charge in [-0.15, -0.1) is 0 Å². The second kappa shape index (κ2) is 8.16. The molecule has 2 aromatic heterocycles. The Morgan fingerprint density at radius 1 is 1.16 bits per heavy atom. The van der Waals surface area contributed by atoms with Crippen LogP contribution in [0.25, 0.3) is 10.9 Å². The number of hydrogen-bond donors (Lipinski definition) is 4. The van der Waals surface area contributed by atoms with Crippen molar-refractivity contribution < 1.29 is 8.42 Å². The summed E-state index contributed by atoms with van der Waals surface area (Å²) in [6.45, 7) is 3.87. The fourth-order valence-corrected chi connectivity index (χ4v) is 6.89. The van der Waals surface area contributed by atoms with E-state index >= 15 is 0 Å². The molecule has 10 heteroatoms. The minimum absolute atomic E-state index is 0.0853. The van der Waals surface area contributed by atoms with E-state index in [-0.39, 0.29) is 30.0 Å². The Kier molecular flexibility index (Phi) is 5.49. The standard InChI is InChI=1S/C21H31N7O2S/c1-3-31(29,30)28-15-6-7-16(28)11-14(10-15)23-21-17-5-4-8-22-18(17)12-19(25-21)24-20-9-13(2)26-27-20/h4-5,8,12-16,20,26-27H,3,6-7,9-11H2,1-2H3,(H2,23,24,25)/t13?,14?,15-,16+,20?. The number of piperidine rings is 1. The third-order valence-electron chi connectivity index (χ3n) is 6.71. The summed E-state index contributed by atoms with van der Waals surface area (Å²) < 4.78 is 26.9. The number of nitrogens with zero attached hydrogens (tertiary/aromatic N) is 3. The van der Waals surface area contributed by atoms with Gasteiger partial charge in [0.1, 0.15) is 11.6 Å². The number of sulfonamides is 1. The molecule has 5 heterocycles. The first-order chi connectivity index (χ1) is 14.9. The molecule has 31 heavy (non-hydrogen) atoms. The van der Waals surface area contributed by atoms with Crippen molar-refractivity contribution in [2.24, 2.45) is 0 Å². The minimum atomic E-state index is -3.16. The Bertz CT molecular complexity index is 1050. The highest BCUT2D eigenvalue weighted by atomic mass is 32.2. The first-order valence-electron chi connectivity index (χ1n) is 11.2. The van der Waals surface area contributed by atoms with Crippen LogP contribution in [0.3, 0.4) is 0 Å². The summed E-state index contributed by atoms with van der Waals surface area (Å²) >= 11 is 0. The number of anilines is 2. The molecule has 0 radical (unpaired) electrons. The van der Waals surface area contributed by atoms with Crippen LogP contribution in [0, 0.1) is 0 Å². The lowest BCUT2D eigenvalue weighted by molar-refractivity contribution is 0.235. The molecule has 5 atom stereocenters. The largest absolute Gasteiger partial charge is 0.367 e. The van der Waals surface area contributed by atoms with Crippen molar-refractivity contribution in [2.75, 3.05) is 16.4 Å². The maximum absolute atomic E-state index is 12.6. The van der Waals surface area contributed by atoms with Gasteiger partial charge in [0.15, 0.2) is 0 Å². The third-order valence-corrected chi connectivity index (χ3v) is 8.68. The summed E-state index contributed by atoms with van der Waals surface area (Å²) in [6.07, 6.45) is 6.36. The number of hydrazine groups is 1. The maximum atomic E-state index is 12.6. The normalized spacial score (nSPS) is 31.2. The molecule has 3 aliphatic heterocycles. The molecule has 4 N–H and O–H groups in total. The van der Waals surface area contributed by atoms with Crippen molar-refractivity contribution in [3.63, 3.8) is 0 Å². The lowest BCUT2D eigenvalue weighted by atomic mass is 9.99. The zero-order chi connectivity index (χ0) is 21.6. The van der Waals surface area contributed by atoms with Crippen LogP contribution in [0.4, 0.5) is 11.6 Å². The smallest absolute Gasteiger partial charge is 0.214 e. The van der Waals surface area contributed by atoms with E-state index in [9.17, 15) is 8.42 Å². The molecule has 2 aromatic rings. The number of hydrogen-bond acceptors (Lipinski definition) is 8. The van der Waals surface area contributed by atoms with Crippen molar-refractivity contribution in [1.82, 2.24) is 25.1 Å². The molecule has 0 saturated carbocycles. The molecule has 3 fully saturated rings. The zero-order valence-corrected chi connectivity index (χ0v) is 18.8. The molecular formula is C21H31N7O2S. The first-order valence-corrected chi connectivity index (χ1v) is 12.8. The summed E-state index contributed by atoms with van der Waals surface area (Å²) in [5, 5.41) is 8.07. The maximum Gasteiger partial charge on any atom is 0.214 e. The molecule has 0 amide bonds. The van der Waals surface area contributed by atoms with E-state index in [0.717, 1.165) is 54.6 Å². The fourth-order valence-electron chi connectivity index (χ4n) is 5.30. The van der Waals surface area contributed by atoms with Gasteiger partial charge >= 0.3 is 0 Å². The second-order valence-corrected chi connectivity index (χ2v) is 11.1. The van der Waals surface area contributed by atoms with E-state index < -0.39 is 10.0 Å². The molecule has 3 aliphatic rings. The molecule has 2 bridgehead atoms. The molecule has 3 saturated heterocycles. The van der Waals surface area contributed by atoms with E-state index in [1.807, 2.05) is 18.2 Å². The van der Waals surface area contributed by atoms with Gasteiger partial charge in [-0.2, -0.15) is 4.31 Å². The third kappa shape index (κ3) is 4.09. The monoisotopic (exact) mass is 445 g/mol. The highest BCUT2D eigenvalue weighted by Gasteiger charge is 2.46. The molecule has 0 spiro atoms.